The van der Waals surface area contributed by atoms with Crippen LogP contribution < -0.4 is 0 Å². The lowest BCUT2D eigenvalue weighted by Crippen LogP contribution is -2.38. The molecule has 0 saturated carbocycles. The molecule has 0 bridgehead atoms. The predicted molar refractivity (Wildman–Crippen MR) is 68.8 cm³/mol. The summed E-state index contributed by atoms with van der Waals surface area (Å²) in [4.78, 5) is 15.8. The van der Waals surface area contributed by atoms with Gasteiger partial charge in [0.15, 0.2) is 0 Å². The van der Waals surface area contributed by atoms with Gasteiger partial charge in [0.05, 0.1) is 13.0 Å². The molecule has 0 fully saturated rings. The van der Waals surface area contributed by atoms with Crippen molar-refractivity contribution in [3.05, 3.63) is 30.1 Å². The number of aliphatic hydroxyl groups is 1. The SMILES string of the molecule is CCCCC(C(=O)OC)C(C)(O)c1cccnc1. The molecular weight excluding hydrogens is 230 g/mol. The van der Waals surface area contributed by atoms with Gasteiger partial charge in [-0.25, -0.2) is 0 Å². The van der Waals surface area contributed by atoms with Gasteiger partial charge in [-0.2, -0.15) is 0 Å². The maximum absolute atomic E-state index is 11.8. The first kappa shape index (κ1) is 14.6. The Morgan fingerprint density at radius 1 is 1.61 bits per heavy atom. The molecule has 0 aliphatic rings. The molecule has 2 unspecified atom stereocenters. The first-order valence-corrected chi connectivity index (χ1v) is 6.24. The second-order valence-corrected chi connectivity index (χ2v) is 4.61. The van der Waals surface area contributed by atoms with Crippen molar-refractivity contribution in [1.82, 2.24) is 4.98 Å². The number of esters is 1. The fourth-order valence-electron chi connectivity index (χ4n) is 2.04. The zero-order chi connectivity index (χ0) is 13.6. The Kier molecular flexibility index (Phi) is 5.28. The van der Waals surface area contributed by atoms with E-state index in [2.05, 4.69) is 4.98 Å². The van der Waals surface area contributed by atoms with E-state index >= 15 is 0 Å². The van der Waals surface area contributed by atoms with E-state index in [4.69, 9.17) is 4.74 Å². The summed E-state index contributed by atoms with van der Waals surface area (Å²) in [5.74, 6) is -0.941. The number of carbonyl (C=O) groups excluding carboxylic acids is 1. The summed E-state index contributed by atoms with van der Waals surface area (Å²) >= 11 is 0. The lowest BCUT2D eigenvalue weighted by molar-refractivity contribution is -0.156. The van der Waals surface area contributed by atoms with Gasteiger partial charge >= 0.3 is 5.97 Å². The van der Waals surface area contributed by atoms with E-state index in [0.29, 0.717) is 12.0 Å². The second kappa shape index (κ2) is 6.50. The van der Waals surface area contributed by atoms with Gasteiger partial charge in [0.25, 0.3) is 0 Å². The van der Waals surface area contributed by atoms with Crippen molar-refractivity contribution in [2.45, 2.75) is 38.7 Å². The van der Waals surface area contributed by atoms with Gasteiger partial charge in [-0.05, 0) is 19.4 Å². The molecule has 18 heavy (non-hydrogen) atoms. The van der Waals surface area contributed by atoms with Crippen LogP contribution in [0.4, 0.5) is 0 Å². The van der Waals surface area contributed by atoms with Crippen molar-refractivity contribution in [1.29, 1.82) is 0 Å². The first-order chi connectivity index (χ1) is 8.54. The van der Waals surface area contributed by atoms with Gasteiger partial charge in [-0.15, -0.1) is 0 Å². The fourth-order valence-corrected chi connectivity index (χ4v) is 2.04. The first-order valence-electron chi connectivity index (χ1n) is 6.24. The maximum Gasteiger partial charge on any atom is 0.311 e. The summed E-state index contributed by atoms with van der Waals surface area (Å²) in [5.41, 5.74) is -0.618. The number of unbranched alkanes of at least 4 members (excludes halogenated alkanes) is 1. The van der Waals surface area contributed by atoms with Gasteiger partial charge in [0.2, 0.25) is 0 Å². The third-order valence-electron chi connectivity index (χ3n) is 3.26. The van der Waals surface area contributed by atoms with Crippen molar-refractivity contribution in [2.75, 3.05) is 7.11 Å². The average Bonchev–Trinajstić information content (AvgIpc) is 2.39. The maximum atomic E-state index is 11.8. The van der Waals surface area contributed by atoms with Crippen molar-refractivity contribution in [2.24, 2.45) is 5.92 Å². The average molecular weight is 251 g/mol. The number of ether oxygens (including phenoxy) is 1. The molecule has 1 aromatic rings. The minimum Gasteiger partial charge on any atom is -0.469 e. The van der Waals surface area contributed by atoms with Crippen LogP contribution >= 0.6 is 0 Å². The lowest BCUT2D eigenvalue weighted by Gasteiger charge is -2.31. The molecule has 2 atom stereocenters. The second-order valence-electron chi connectivity index (χ2n) is 4.61. The molecular formula is C14H21NO3. The lowest BCUT2D eigenvalue weighted by atomic mass is 9.80. The molecule has 0 radical (unpaired) electrons. The Labute approximate surface area is 108 Å². The summed E-state index contributed by atoms with van der Waals surface area (Å²) in [6.07, 6.45) is 5.67. The normalized spacial score (nSPS) is 15.8. The number of methoxy groups -OCH3 is 1. The summed E-state index contributed by atoms with van der Waals surface area (Å²) in [5, 5.41) is 10.6. The number of aromatic nitrogens is 1. The Hall–Kier alpha value is -1.42. The third-order valence-corrected chi connectivity index (χ3v) is 3.26. The van der Waals surface area contributed by atoms with Crippen molar-refractivity contribution in [3.63, 3.8) is 0 Å². The van der Waals surface area contributed by atoms with E-state index in [0.717, 1.165) is 12.8 Å². The van der Waals surface area contributed by atoms with E-state index in [9.17, 15) is 9.90 Å². The summed E-state index contributed by atoms with van der Waals surface area (Å²) in [6, 6.07) is 3.52. The van der Waals surface area contributed by atoms with Crippen LogP contribution in [0.2, 0.25) is 0 Å². The van der Waals surface area contributed by atoms with Crippen LogP contribution in [0.3, 0.4) is 0 Å². The zero-order valence-corrected chi connectivity index (χ0v) is 11.2. The summed E-state index contributed by atoms with van der Waals surface area (Å²) in [6.45, 7) is 3.69. The van der Waals surface area contributed by atoms with Crippen LogP contribution in [0.15, 0.2) is 24.5 Å². The topological polar surface area (TPSA) is 59.4 Å². The highest BCUT2D eigenvalue weighted by Gasteiger charge is 2.39. The van der Waals surface area contributed by atoms with Crippen molar-refractivity contribution < 1.29 is 14.6 Å². The van der Waals surface area contributed by atoms with Gasteiger partial charge in [0.1, 0.15) is 5.60 Å². The molecule has 0 aromatic carbocycles. The Bertz CT molecular complexity index is 376. The number of carbonyl (C=O) groups is 1. The molecule has 0 saturated heterocycles. The van der Waals surface area contributed by atoms with Crippen LogP contribution in [0.25, 0.3) is 0 Å². The summed E-state index contributed by atoms with van der Waals surface area (Å²) < 4.78 is 4.80. The Balaban J connectivity index is 2.99. The van der Waals surface area contributed by atoms with Crippen LogP contribution in [0.5, 0.6) is 0 Å². The van der Waals surface area contributed by atoms with E-state index in [-0.39, 0.29) is 5.97 Å². The third kappa shape index (κ3) is 3.29. The highest BCUT2D eigenvalue weighted by molar-refractivity contribution is 5.74. The molecule has 1 rings (SSSR count). The minimum absolute atomic E-state index is 0.377. The standard InChI is InChI=1S/C14H21NO3/c1-4-5-8-12(13(16)18-3)14(2,17)11-7-6-9-15-10-11/h6-7,9-10,12,17H,4-5,8H2,1-3H3. The molecule has 0 amide bonds. The van der Waals surface area contributed by atoms with Crippen LogP contribution in [0, 0.1) is 5.92 Å². The molecule has 4 heteroatoms. The number of pyridine rings is 1. The van der Waals surface area contributed by atoms with E-state index in [1.807, 2.05) is 6.92 Å². The predicted octanol–water partition coefficient (Wildman–Crippen LogP) is 2.27. The van der Waals surface area contributed by atoms with Gasteiger partial charge in [0, 0.05) is 18.0 Å². The van der Waals surface area contributed by atoms with Crippen molar-refractivity contribution >= 4 is 5.97 Å². The van der Waals surface area contributed by atoms with E-state index in [1.54, 1.807) is 31.5 Å². The molecule has 0 spiro atoms. The number of rotatable bonds is 6. The minimum atomic E-state index is -1.25. The number of hydrogen-bond acceptors (Lipinski definition) is 4. The van der Waals surface area contributed by atoms with Crippen molar-refractivity contribution in [3.8, 4) is 0 Å². The number of hydrogen-bond donors (Lipinski definition) is 1. The highest BCUT2D eigenvalue weighted by Crippen LogP contribution is 2.33. The zero-order valence-electron chi connectivity index (χ0n) is 11.2. The van der Waals surface area contributed by atoms with Crippen LogP contribution in [0.1, 0.15) is 38.7 Å². The fraction of sp³-hybridized carbons (Fsp3) is 0.571. The Morgan fingerprint density at radius 2 is 2.33 bits per heavy atom. The molecule has 0 aliphatic heterocycles. The van der Waals surface area contributed by atoms with Gasteiger partial charge < -0.3 is 9.84 Å². The van der Waals surface area contributed by atoms with Crippen LogP contribution in [-0.2, 0) is 15.1 Å². The molecule has 1 aromatic heterocycles. The molecule has 1 N–H and O–H groups in total. The monoisotopic (exact) mass is 251 g/mol. The van der Waals surface area contributed by atoms with Gasteiger partial charge in [-0.3, -0.25) is 9.78 Å². The Morgan fingerprint density at radius 3 is 2.83 bits per heavy atom. The highest BCUT2D eigenvalue weighted by atomic mass is 16.5. The van der Waals surface area contributed by atoms with E-state index in [1.165, 1.54) is 7.11 Å². The van der Waals surface area contributed by atoms with Gasteiger partial charge in [-0.1, -0.05) is 25.8 Å². The van der Waals surface area contributed by atoms with E-state index < -0.39 is 11.5 Å². The quantitative estimate of drug-likeness (QED) is 0.788. The molecule has 100 valence electrons. The number of nitrogens with zero attached hydrogens (tertiary/aromatic N) is 1. The summed E-state index contributed by atoms with van der Waals surface area (Å²) in [7, 11) is 1.35. The smallest absolute Gasteiger partial charge is 0.311 e. The molecule has 1 heterocycles. The largest absolute Gasteiger partial charge is 0.469 e. The van der Waals surface area contributed by atoms with Crippen LogP contribution in [-0.4, -0.2) is 23.2 Å². The molecule has 4 nitrogen and oxygen atoms in total. The molecule has 0 aliphatic carbocycles.